The van der Waals surface area contributed by atoms with Gasteiger partial charge in [-0.25, -0.2) is 4.39 Å². The summed E-state index contributed by atoms with van der Waals surface area (Å²) in [6.45, 7) is 24.2. The van der Waals surface area contributed by atoms with E-state index in [2.05, 4.69) is 56.4 Å². The third kappa shape index (κ3) is 14.0. The summed E-state index contributed by atoms with van der Waals surface area (Å²) in [4.78, 5) is 8.58. The van der Waals surface area contributed by atoms with Crippen LogP contribution in [0.3, 0.4) is 0 Å². The predicted octanol–water partition coefficient (Wildman–Crippen LogP) is 9.62. The Labute approximate surface area is 249 Å². The van der Waals surface area contributed by atoms with Crippen molar-refractivity contribution in [3.05, 3.63) is 109 Å². The number of benzene rings is 2. The summed E-state index contributed by atoms with van der Waals surface area (Å²) >= 11 is 0. The number of aliphatic hydroxyl groups excluding tert-OH is 1. The Morgan fingerprint density at radius 3 is 1.85 bits per heavy atom. The average Bonchev–Trinajstić information content (AvgIpc) is 3.27. The Bertz CT molecular complexity index is 1120. The van der Waals surface area contributed by atoms with Crippen LogP contribution in [0.5, 0.6) is 0 Å². The molecule has 0 aliphatic heterocycles. The highest BCUT2D eigenvalue weighted by molar-refractivity contribution is 5.85. The van der Waals surface area contributed by atoms with Crippen LogP contribution in [0.1, 0.15) is 78.5 Å². The van der Waals surface area contributed by atoms with E-state index in [1.165, 1.54) is 29.0 Å². The van der Waals surface area contributed by atoms with Gasteiger partial charge in [-0.1, -0.05) is 82.3 Å². The van der Waals surface area contributed by atoms with Crippen LogP contribution < -0.4 is 5.73 Å². The number of aliphatic hydroxyl groups is 1. The van der Waals surface area contributed by atoms with Gasteiger partial charge in [0.1, 0.15) is 5.82 Å². The highest BCUT2D eigenvalue weighted by Gasteiger charge is 2.24. The first-order chi connectivity index (χ1) is 19.7. The van der Waals surface area contributed by atoms with E-state index >= 15 is 0 Å². The summed E-state index contributed by atoms with van der Waals surface area (Å²) < 4.78 is 15.9. The molecule has 0 fully saturated rings. The minimum atomic E-state index is -0.420. The second-order valence-corrected chi connectivity index (χ2v) is 9.09. The maximum atomic E-state index is 13.6. The molecule has 0 radical (unpaired) electrons. The number of primary amides is 1. The van der Waals surface area contributed by atoms with Crippen LogP contribution in [0.15, 0.2) is 92.1 Å². The SMILES string of the molecule is C/C=C\C.C=CC.C=CC[C@H](O)CCn1c(-c2ccc(F)cc2)c(-c2ccccc2)c(C)c1C(C)C.CC.NC=O. The smallest absolute Gasteiger partial charge is 0.204 e. The Morgan fingerprint density at radius 2 is 1.44 bits per heavy atom. The van der Waals surface area contributed by atoms with Gasteiger partial charge in [0.05, 0.1) is 11.8 Å². The third-order valence-electron chi connectivity index (χ3n) is 5.74. The van der Waals surface area contributed by atoms with Crippen molar-refractivity contribution in [1.82, 2.24) is 4.57 Å². The van der Waals surface area contributed by atoms with Crippen LogP contribution in [0.4, 0.5) is 4.39 Å². The zero-order valence-corrected chi connectivity index (χ0v) is 26.5. The van der Waals surface area contributed by atoms with Crippen molar-refractivity contribution in [2.45, 2.75) is 86.8 Å². The van der Waals surface area contributed by atoms with E-state index in [4.69, 9.17) is 4.79 Å². The number of hydrogen-bond donors (Lipinski definition) is 2. The first-order valence-electron chi connectivity index (χ1n) is 14.3. The molecule has 0 saturated carbocycles. The van der Waals surface area contributed by atoms with Gasteiger partial charge in [-0.2, -0.15) is 0 Å². The Morgan fingerprint density at radius 1 is 0.951 bits per heavy atom. The normalized spacial score (nSPS) is 10.4. The van der Waals surface area contributed by atoms with E-state index in [1.807, 2.05) is 77.1 Å². The molecule has 0 bridgehead atoms. The zero-order chi connectivity index (χ0) is 31.8. The molecule has 1 atom stereocenters. The molecule has 3 rings (SSSR count). The number of hydrogen-bond acceptors (Lipinski definition) is 2. The Balaban J connectivity index is 0. The van der Waals surface area contributed by atoms with Crippen molar-refractivity contribution < 1.29 is 14.3 Å². The highest BCUT2D eigenvalue weighted by Crippen LogP contribution is 2.41. The van der Waals surface area contributed by atoms with Crippen LogP contribution in [0, 0.1) is 12.7 Å². The maximum absolute atomic E-state index is 13.6. The van der Waals surface area contributed by atoms with Gasteiger partial charge in [-0.3, -0.25) is 4.79 Å². The van der Waals surface area contributed by atoms with Gasteiger partial charge in [0, 0.05) is 17.8 Å². The quantitative estimate of drug-likeness (QED) is 0.211. The highest BCUT2D eigenvalue weighted by atomic mass is 19.1. The van der Waals surface area contributed by atoms with Gasteiger partial charge in [0.15, 0.2) is 0 Å². The molecule has 226 valence electrons. The minimum Gasteiger partial charge on any atom is -0.393 e. The van der Waals surface area contributed by atoms with Crippen molar-refractivity contribution >= 4 is 6.41 Å². The summed E-state index contributed by atoms with van der Waals surface area (Å²) in [6, 6.07) is 17.1. The van der Waals surface area contributed by atoms with E-state index in [1.54, 1.807) is 12.2 Å². The fourth-order valence-corrected chi connectivity index (χ4v) is 4.19. The van der Waals surface area contributed by atoms with E-state index in [-0.39, 0.29) is 12.2 Å². The summed E-state index contributed by atoms with van der Waals surface area (Å²) in [5, 5.41) is 10.3. The molecule has 41 heavy (non-hydrogen) atoms. The van der Waals surface area contributed by atoms with E-state index in [9.17, 15) is 9.50 Å². The molecule has 1 amide bonds. The Kier molecular flexibility index (Phi) is 23.2. The Hall–Kier alpha value is -3.70. The van der Waals surface area contributed by atoms with Gasteiger partial charge in [-0.15, -0.1) is 13.2 Å². The third-order valence-corrected chi connectivity index (χ3v) is 5.74. The average molecular weight is 565 g/mol. The molecule has 3 aromatic rings. The fourth-order valence-electron chi connectivity index (χ4n) is 4.19. The van der Waals surface area contributed by atoms with Crippen LogP contribution in [0.25, 0.3) is 22.4 Å². The van der Waals surface area contributed by atoms with Crippen molar-refractivity contribution in [2.24, 2.45) is 5.73 Å². The molecule has 3 N–H and O–H groups in total. The van der Waals surface area contributed by atoms with Gasteiger partial charge >= 0.3 is 0 Å². The number of halogens is 1. The molecule has 0 saturated heterocycles. The lowest BCUT2D eigenvalue weighted by Gasteiger charge is -2.18. The molecule has 1 heterocycles. The molecule has 0 spiro atoms. The molecule has 2 aromatic carbocycles. The number of aromatic nitrogens is 1. The molecule has 5 heteroatoms. The summed E-state index contributed by atoms with van der Waals surface area (Å²) in [6.07, 6.45) is 8.55. The van der Waals surface area contributed by atoms with Crippen molar-refractivity contribution in [3.8, 4) is 22.4 Å². The number of nitrogens with two attached hydrogens (primary N) is 1. The lowest BCUT2D eigenvalue weighted by atomic mass is 9.96. The van der Waals surface area contributed by atoms with Crippen LogP contribution in [0.2, 0.25) is 0 Å². The monoisotopic (exact) mass is 564 g/mol. The number of nitrogens with zero attached hydrogens (tertiary/aromatic N) is 1. The first kappa shape index (κ1) is 39.4. The van der Waals surface area contributed by atoms with E-state index in [0.717, 1.165) is 16.8 Å². The summed E-state index contributed by atoms with van der Waals surface area (Å²) in [5.41, 5.74) is 11.1. The number of allylic oxidation sites excluding steroid dienone is 3. The van der Waals surface area contributed by atoms with Gasteiger partial charge < -0.3 is 15.4 Å². The van der Waals surface area contributed by atoms with Crippen LogP contribution in [-0.2, 0) is 11.3 Å². The number of carbonyl (C=O) groups excluding carboxylic acids is 1. The van der Waals surface area contributed by atoms with Crippen molar-refractivity contribution in [2.75, 3.05) is 0 Å². The second-order valence-electron chi connectivity index (χ2n) is 9.09. The largest absolute Gasteiger partial charge is 0.393 e. The maximum Gasteiger partial charge on any atom is 0.204 e. The number of amides is 1. The van der Waals surface area contributed by atoms with Crippen LogP contribution >= 0.6 is 0 Å². The molecule has 0 aliphatic rings. The molecule has 1 aromatic heterocycles. The lowest BCUT2D eigenvalue weighted by Crippen LogP contribution is -2.13. The zero-order valence-electron chi connectivity index (χ0n) is 26.5. The van der Waals surface area contributed by atoms with Gasteiger partial charge in [-0.05, 0) is 87.4 Å². The second kappa shape index (κ2) is 24.1. The van der Waals surface area contributed by atoms with E-state index in [0.29, 0.717) is 25.3 Å². The molecule has 0 aliphatic carbocycles. The summed E-state index contributed by atoms with van der Waals surface area (Å²) in [5.74, 6) is 0.0820. The van der Waals surface area contributed by atoms with Crippen molar-refractivity contribution in [3.63, 3.8) is 0 Å². The standard InChI is InChI=1S/C26H30FNO.C4H8.C3H6.C2H6.CH3NO/c1-5-9-23(29)16-17-28-25(18(2)3)19(4)24(20-10-7-6-8-11-20)26(28)21-12-14-22(27)15-13-21;1-3-4-2;1-3-2;1-2;2-1-3/h5-8,10-15,18,23,29H,1,9,16-17H2,2-4H3;3-4H,1-2H3;3H,1H2,2H3;1-2H3;1H,(H2,2,3)/b;4-3-;;;/t23-;;;;/m0..../s1. The van der Waals surface area contributed by atoms with Gasteiger partial charge in [0.25, 0.3) is 0 Å². The molecule has 4 nitrogen and oxygen atoms in total. The van der Waals surface area contributed by atoms with Crippen molar-refractivity contribution in [1.29, 1.82) is 0 Å². The van der Waals surface area contributed by atoms with E-state index < -0.39 is 6.10 Å². The topological polar surface area (TPSA) is 68.2 Å². The molecular weight excluding hydrogens is 511 g/mol. The number of rotatable bonds is 8. The summed E-state index contributed by atoms with van der Waals surface area (Å²) in [7, 11) is 0. The first-order valence-corrected chi connectivity index (χ1v) is 14.3. The number of carbonyl (C=O) groups is 1. The lowest BCUT2D eigenvalue weighted by molar-refractivity contribution is -0.106. The van der Waals surface area contributed by atoms with Crippen LogP contribution in [-0.4, -0.2) is 22.2 Å². The predicted molar refractivity (Wildman–Crippen MR) is 177 cm³/mol. The molecule has 0 unspecified atom stereocenters. The molecular formula is C36H53FN2O2. The van der Waals surface area contributed by atoms with Gasteiger partial charge in [0.2, 0.25) is 6.41 Å². The fraction of sp³-hybridized carbons (Fsp3) is 0.361. The minimum absolute atomic E-state index is 0.240.